The maximum Gasteiger partial charge on any atom is 0.416 e. The zero-order valence-electron chi connectivity index (χ0n) is 10.9. The van der Waals surface area contributed by atoms with Crippen molar-refractivity contribution in [2.24, 2.45) is 0 Å². The number of benzene rings is 1. The molecule has 0 spiro atoms. The van der Waals surface area contributed by atoms with Gasteiger partial charge in [0.05, 0.1) is 24.9 Å². The number of hydrogen-bond donors (Lipinski definition) is 2. The molecule has 2 rings (SSSR count). The Kier molecular flexibility index (Phi) is 4.52. The predicted octanol–water partition coefficient (Wildman–Crippen LogP) is 1.65. The van der Waals surface area contributed by atoms with Gasteiger partial charge in [-0.05, 0) is 23.8 Å². The van der Waals surface area contributed by atoms with Crippen molar-refractivity contribution in [3.8, 4) is 0 Å². The van der Waals surface area contributed by atoms with Crippen LogP contribution in [0.1, 0.15) is 17.2 Å². The Morgan fingerprint density at radius 1 is 1.25 bits per heavy atom. The molecular weight excluding hydrogens is 273 g/mol. The van der Waals surface area contributed by atoms with Crippen LogP contribution in [0.4, 0.5) is 18.9 Å². The average Bonchev–Trinajstić information content (AvgIpc) is 2.38. The molecule has 0 aromatic heterocycles. The topological polar surface area (TPSA) is 58.7 Å². The van der Waals surface area contributed by atoms with Crippen LogP contribution in [0.2, 0.25) is 0 Å². The molecule has 4 nitrogen and oxygen atoms in total. The number of nitrogens with zero attached hydrogens (tertiary/aromatic N) is 1. The van der Waals surface area contributed by atoms with Gasteiger partial charge in [-0.15, -0.1) is 0 Å². The van der Waals surface area contributed by atoms with E-state index in [2.05, 4.69) is 0 Å². The van der Waals surface area contributed by atoms with E-state index in [4.69, 9.17) is 10.5 Å². The second-order valence-corrected chi connectivity index (χ2v) is 4.81. The van der Waals surface area contributed by atoms with Gasteiger partial charge in [0.1, 0.15) is 0 Å². The van der Waals surface area contributed by atoms with E-state index in [1.807, 2.05) is 4.90 Å². The number of halogens is 3. The number of nitrogens with two attached hydrogens (primary N) is 1. The summed E-state index contributed by atoms with van der Waals surface area (Å²) in [6.07, 6.45) is -5.47. The first-order valence-corrected chi connectivity index (χ1v) is 6.32. The van der Waals surface area contributed by atoms with E-state index >= 15 is 0 Å². The molecule has 0 radical (unpaired) electrons. The molecule has 1 atom stereocenters. The molecule has 20 heavy (non-hydrogen) atoms. The summed E-state index contributed by atoms with van der Waals surface area (Å²) in [6.45, 7) is 2.72. The molecule has 1 saturated heterocycles. The number of β-amino-alcohol motifs (C(OH)–C–C–N with tert-alkyl or cyclic N) is 1. The Labute approximate surface area is 114 Å². The highest BCUT2D eigenvalue weighted by Crippen LogP contribution is 2.32. The Hall–Kier alpha value is -1.31. The lowest BCUT2D eigenvalue weighted by molar-refractivity contribution is -0.137. The molecular formula is C13H17F3N2O2. The van der Waals surface area contributed by atoms with Crippen molar-refractivity contribution >= 4 is 5.69 Å². The van der Waals surface area contributed by atoms with Gasteiger partial charge in [0.25, 0.3) is 0 Å². The summed E-state index contributed by atoms with van der Waals surface area (Å²) in [4.78, 5) is 1.95. The Balaban J connectivity index is 2.12. The molecule has 0 aliphatic carbocycles. The summed E-state index contributed by atoms with van der Waals surface area (Å²) in [6, 6.07) is 3.19. The van der Waals surface area contributed by atoms with Gasteiger partial charge < -0.3 is 15.6 Å². The summed E-state index contributed by atoms with van der Waals surface area (Å²) in [5.74, 6) is 0. The van der Waals surface area contributed by atoms with Crippen molar-refractivity contribution in [3.05, 3.63) is 29.3 Å². The SMILES string of the molecule is Nc1cc(C(O)CN2CCOCC2)cc(C(F)(F)F)c1. The number of ether oxygens (including phenoxy) is 1. The third kappa shape index (κ3) is 3.84. The van der Waals surface area contributed by atoms with Crippen molar-refractivity contribution in [2.75, 3.05) is 38.6 Å². The average molecular weight is 290 g/mol. The predicted molar refractivity (Wildman–Crippen MR) is 68.1 cm³/mol. The summed E-state index contributed by atoms with van der Waals surface area (Å²) in [7, 11) is 0. The van der Waals surface area contributed by atoms with Gasteiger partial charge in [0.2, 0.25) is 0 Å². The summed E-state index contributed by atoms with van der Waals surface area (Å²) < 4.78 is 43.3. The zero-order valence-corrected chi connectivity index (χ0v) is 10.9. The van der Waals surface area contributed by atoms with Crippen molar-refractivity contribution in [1.29, 1.82) is 0 Å². The summed E-state index contributed by atoms with van der Waals surface area (Å²) in [5, 5.41) is 10.1. The second kappa shape index (κ2) is 5.99. The van der Waals surface area contributed by atoms with Gasteiger partial charge in [0, 0.05) is 25.3 Å². The van der Waals surface area contributed by atoms with Gasteiger partial charge in [0.15, 0.2) is 0 Å². The van der Waals surface area contributed by atoms with Crippen LogP contribution in [0.25, 0.3) is 0 Å². The van der Waals surface area contributed by atoms with Crippen LogP contribution in [0, 0.1) is 0 Å². The molecule has 1 heterocycles. The van der Waals surface area contributed by atoms with E-state index in [9.17, 15) is 18.3 Å². The van der Waals surface area contributed by atoms with E-state index in [0.717, 1.165) is 12.1 Å². The van der Waals surface area contributed by atoms with E-state index < -0.39 is 17.8 Å². The van der Waals surface area contributed by atoms with Crippen molar-refractivity contribution in [2.45, 2.75) is 12.3 Å². The third-order valence-electron chi connectivity index (χ3n) is 3.22. The smallest absolute Gasteiger partial charge is 0.399 e. The van der Waals surface area contributed by atoms with Crippen LogP contribution >= 0.6 is 0 Å². The lowest BCUT2D eigenvalue weighted by atomic mass is 10.0. The van der Waals surface area contributed by atoms with E-state index in [0.29, 0.717) is 26.3 Å². The normalized spacial score (nSPS) is 19.0. The minimum atomic E-state index is -4.47. The largest absolute Gasteiger partial charge is 0.416 e. The highest BCUT2D eigenvalue weighted by Gasteiger charge is 2.31. The van der Waals surface area contributed by atoms with Gasteiger partial charge in [-0.25, -0.2) is 0 Å². The number of aliphatic hydroxyl groups excluding tert-OH is 1. The lowest BCUT2D eigenvalue weighted by Gasteiger charge is -2.28. The highest BCUT2D eigenvalue weighted by atomic mass is 19.4. The summed E-state index contributed by atoms with van der Waals surface area (Å²) >= 11 is 0. The lowest BCUT2D eigenvalue weighted by Crippen LogP contribution is -2.38. The molecule has 1 aromatic rings. The van der Waals surface area contributed by atoms with Crippen LogP contribution < -0.4 is 5.73 Å². The summed E-state index contributed by atoms with van der Waals surface area (Å²) in [5.41, 5.74) is 4.82. The number of alkyl halides is 3. The first-order chi connectivity index (χ1) is 9.36. The molecule has 1 unspecified atom stereocenters. The molecule has 3 N–H and O–H groups in total. The number of nitrogen functional groups attached to an aromatic ring is 1. The molecule has 7 heteroatoms. The quantitative estimate of drug-likeness (QED) is 0.831. The van der Waals surface area contributed by atoms with Gasteiger partial charge in [-0.1, -0.05) is 0 Å². The number of hydrogen-bond acceptors (Lipinski definition) is 4. The van der Waals surface area contributed by atoms with Gasteiger partial charge >= 0.3 is 6.18 Å². The Morgan fingerprint density at radius 3 is 2.50 bits per heavy atom. The monoisotopic (exact) mass is 290 g/mol. The van der Waals surface area contributed by atoms with Gasteiger partial charge in [-0.3, -0.25) is 4.90 Å². The number of morpholine rings is 1. The minimum absolute atomic E-state index is 0.00384. The maximum atomic E-state index is 12.7. The van der Waals surface area contributed by atoms with Crippen molar-refractivity contribution < 1.29 is 23.0 Å². The first kappa shape index (κ1) is 15.1. The van der Waals surface area contributed by atoms with Crippen molar-refractivity contribution in [1.82, 2.24) is 4.90 Å². The van der Waals surface area contributed by atoms with Crippen LogP contribution in [-0.4, -0.2) is 42.9 Å². The minimum Gasteiger partial charge on any atom is -0.399 e. The molecule has 1 aromatic carbocycles. The fraction of sp³-hybridized carbons (Fsp3) is 0.538. The molecule has 0 amide bonds. The zero-order chi connectivity index (χ0) is 14.8. The molecule has 0 saturated carbocycles. The number of rotatable bonds is 3. The van der Waals surface area contributed by atoms with Crippen LogP contribution in [0.3, 0.4) is 0 Å². The molecule has 1 fully saturated rings. The molecule has 0 bridgehead atoms. The number of aliphatic hydroxyl groups is 1. The van der Waals surface area contributed by atoms with Crippen LogP contribution in [-0.2, 0) is 10.9 Å². The standard InChI is InChI=1S/C13H17F3N2O2/c14-13(15,16)10-5-9(6-11(17)7-10)12(19)8-18-1-3-20-4-2-18/h5-7,12,19H,1-4,8,17H2. The maximum absolute atomic E-state index is 12.7. The fourth-order valence-electron chi connectivity index (χ4n) is 2.17. The molecule has 1 aliphatic rings. The van der Waals surface area contributed by atoms with E-state index in [-0.39, 0.29) is 17.8 Å². The Bertz CT molecular complexity index is 459. The highest BCUT2D eigenvalue weighted by molar-refractivity contribution is 5.46. The first-order valence-electron chi connectivity index (χ1n) is 6.32. The number of anilines is 1. The van der Waals surface area contributed by atoms with Crippen LogP contribution in [0.15, 0.2) is 18.2 Å². The molecule has 1 aliphatic heterocycles. The van der Waals surface area contributed by atoms with Gasteiger partial charge in [-0.2, -0.15) is 13.2 Å². The fourth-order valence-corrected chi connectivity index (χ4v) is 2.17. The van der Waals surface area contributed by atoms with E-state index in [1.54, 1.807) is 0 Å². The molecule has 112 valence electrons. The van der Waals surface area contributed by atoms with Crippen molar-refractivity contribution in [3.63, 3.8) is 0 Å². The van der Waals surface area contributed by atoms with Crippen LogP contribution in [0.5, 0.6) is 0 Å². The van der Waals surface area contributed by atoms with E-state index in [1.165, 1.54) is 6.07 Å². The second-order valence-electron chi connectivity index (χ2n) is 4.81. The third-order valence-corrected chi connectivity index (χ3v) is 3.22. The Morgan fingerprint density at radius 2 is 1.90 bits per heavy atom.